The van der Waals surface area contributed by atoms with Crippen molar-refractivity contribution in [2.75, 3.05) is 13.1 Å². The SMILES string of the molecule is CCC(CN)CC(=O)NCCC(C)C(=O)O. The Kier molecular flexibility index (Phi) is 7.54. The molecule has 0 aromatic carbocycles. The number of carbonyl (C=O) groups is 2. The molecule has 1 amide bonds. The fraction of sp³-hybridized carbons (Fsp3) is 0.818. The Morgan fingerprint density at radius 2 is 2.06 bits per heavy atom. The summed E-state index contributed by atoms with van der Waals surface area (Å²) in [6.45, 7) is 4.54. The zero-order valence-electron chi connectivity index (χ0n) is 10.0. The molecule has 4 N–H and O–H groups in total. The van der Waals surface area contributed by atoms with Gasteiger partial charge in [0.15, 0.2) is 0 Å². The lowest BCUT2D eigenvalue weighted by molar-refractivity contribution is -0.141. The molecule has 0 aromatic heterocycles. The molecule has 0 heterocycles. The van der Waals surface area contributed by atoms with Gasteiger partial charge in [-0.2, -0.15) is 0 Å². The Morgan fingerprint density at radius 1 is 1.44 bits per heavy atom. The van der Waals surface area contributed by atoms with Crippen molar-refractivity contribution < 1.29 is 14.7 Å². The van der Waals surface area contributed by atoms with Gasteiger partial charge in [-0.1, -0.05) is 20.3 Å². The van der Waals surface area contributed by atoms with Gasteiger partial charge in [-0.05, 0) is 18.9 Å². The molecule has 16 heavy (non-hydrogen) atoms. The first-order valence-electron chi connectivity index (χ1n) is 5.70. The number of hydrogen-bond acceptors (Lipinski definition) is 3. The van der Waals surface area contributed by atoms with Crippen molar-refractivity contribution in [1.29, 1.82) is 0 Å². The minimum Gasteiger partial charge on any atom is -0.481 e. The summed E-state index contributed by atoms with van der Waals surface area (Å²) in [4.78, 5) is 21.9. The number of aliphatic carboxylic acids is 1. The van der Waals surface area contributed by atoms with Crippen molar-refractivity contribution in [3.63, 3.8) is 0 Å². The van der Waals surface area contributed by atoms with Crippen LogP contribution in [0.3, 0.4) is 0 Å². The molecule has 2 atom stereocenters. The van der Waals surface area contributed by atoms with Crippen molar-refractivity contribution in [2.24, 2.45) is 17.6 Å². The average molecular weight is 230 g/mol. The molecule has 0 fully saturated rings. The van der Waals surface area contributed by atoms with Gasteiger partial charge < -0.3 is 16.2 Å². The van der Waals surface area contributed by atoms with E-state index in [-0.39, 0.29) is 11.8 Å². The normalized spacial score (nSPS) is 14.2. The zero-order valence-corrected chi connectivity index (χ0v) is 10.0. The van der Waals surface area contributed by atoms with Gasteiger partial charge in [0.1, 0.15) is 0 Å². The highest BCUT2D eigenvalue weighted by Gasteiger charge is 2.12. The molecule has 0 rings (SSSR count). The Balaban J connectivity index is 3.69. The van der Waals surface area contributed by atoms with Gasteiger partial charge in [0.05, 0.1) is 5.92 Å². The molecule has 2 unspecified atom stereocenters. The summed E-state index contributed by atoms with van der Waals surface area (Å²) < 4.78 is 0. The molecule has 0 saturated heterocycles. The smallest absolute Gasteiger partial charge is 0.306 e. The highest BCUT2D eigenvalue weighted by molar-refractivity contribution is 5.76. The van der Waals surface area contributed by atoms with Crippen LogP contribution in [0.4, 0.5) is 0 Å². The maximum absolute atomic E-state index is 11.4. The second kappa shape index (κ2) is 8.10. The van der Waals surface area contributed by atoms with E-state index < -0.39 is 11.9 Å². The number of carboxylic acid groups (broad SMARTS) is 1. The Hall–Kier alpha value is -1.10. The molecule has 0 aliphatic carbocycles. The van der Waals surface area contributed by atoms with E-state index in [1.807, 2.05) is 6.92 Å². The zero-order chi connectivity index (χ0) is 12.6. The van der Waals surface area contributed by atoms with Crippen LogP contribution in [0.5, 0.6) is 0 Å². The number of carbonyl (C=O) groups excluding carboxylic acids is 1. The first-order chi connectivity index (χ1) is 7.51. The van der Waals surface area contributed by atoms with Gasteiger partial charge in [0.2, 0.25) is 5.91 Å². The lowest BCUT2D eigenvalue weighted by Gasteiger charge is -2.12. The standard InChI is InChI=1S/C11H22N2O3/c1-3-9(7-12)6-10(14)13-5-4-8(2)11(15)16/h8-9H,3-7,12H2,1-2H3,(H,13,14)(H,15,16). The Bertz CT molecular complexity index is 227. The summed E-state index contributed by atoms with van der Waals surface area (Å²) in [6.07, 6.45) is 1.77. The van der Waals surface area contributed by atoms with Crippen LogP contribution in [-0.2, 0) is 9.59 Å². The van der Waals surface area contributed by atoms with Gasteiger partial charge in [0, 0.05) is 13.0 Å². The minimum absolute atomic E-state index is 0.0464. The second-order valence-corrected chi connectivity index (χ2v) is 4.09. The first-order valence-corrected chi connectivity index (χ1v) is 5.70. The van der Waals surface area contributed by atoms with Crippen molar-refractivity contribution in [2.45, 2.75) is 33.1 Å². The highest BCUT2D eigenvalue weighted by atomic mass is 16.4. The summed E-state index contributed by atoms with van der Waals surface area (Å²) >= 11 is 0. The maximum Gasteiger partial charge on any atom is 0.306 e. The summed E-state index contributed by atoms with van der Waals surface area (Å²) in [5, 5.41) is 11.3. The van der Waals surface area contributed by atoms with Gasteiger partial charge in [-0.3, -0.25) is 9.59 Å². The highest BCUT2D eigenvalue weighted by Crippen LogP contribution is 2.05. The lowest BCUT2D eigenvalue weighted by Crippen LogP contribution is -2.30. The summed E-state index contributed by atoms with van der Waals surface area (Å²) in [5.74, 6) is -1.08. The summed E-state index contributed by atoms with van der Waals surface area (Å²) in [5.41, 5.74) is 5.49. The number of hydrogen-bond donors (Lipinski definition) is 3. The fourth-order valence-corrected chi connectivity index (χ4v) is 1.28. The van der Waals surface area contributed by atoms with E-state index in [1.165, 1.54) is 0 Å². The summed E-state index contributed by atoms with van der Waals surface area (Å²) in [7, 11) is 0. The molecule has 5 nitrogen and oxygen atoms in total. The van der Waals surface area contributed by atoms with Crippen LogP contribution < -0.4 is 11.1 Å². The van der Waals surface area contributed by atoms with E-state index in [2.05, 4.69) is 5.32 Å². The van der Waals surface area contributed by atoms with E-state index in [9.17, 15) is 9.59 Å². The number of nitrogens with two attached hydrogens (primary N) is 1. The first kappa shape index (κ1) is 14.9. The van der Waals surface area contributed by atoms with Crippen LogP contribution in [0.25, 0.3) is 0 Å². The van der Waals surface area contributed by atoms with Crippen LogP contribution >= 0.6 is 0 Å². The third-order valence-electron chi connectivity index (χ3n) is 2.71. The third kappa shape index (κ3) is 6.40. The number of carboxylic acids is 1. The molecule has 0 saturated carbocycles. The molecule has 0 radical (unpaired) electrons. The molecule has 5 heteroatoms. The van der Waals surface area contributed by atoms with Gasteiger partial charge in [-0.15, -0.1) is 0 Å². The largest absolute Gasteiger partial charge is 0.481 e. The van der Waals surface area contributed by atoms with Gasteiger partial charge >= 0.3 is 5.97 Å². The molecule has 0 aromatic rings. The van der Waals surface area contributed by atoms with E-state index in [1.54, 1.807) is 6.92 Å². The van der Waals surface area contributed by atoms with Crippen LogP contribution in [0.15, 0.2) is 0 Å². The Morgan fingerprint density at radius 3 is 2.50 bits per heavy atom. The van der Waals surface area contributed by atoms with Gasteiger partial charge in [0.25, 0.3) is 0 Å². The second-order valence-electron chi connectivity index (χ2n) is 4.09. The molecule has 0 spiro atoms. The van der Waals surface area contributed by atoms with Gasteiger partial charge in [-0.25, -0.2) is 0 Å². The van der Waals surface area contributed by atoms with Crippen LogP contribution in [0.2, 0.25) is 0 Å². The summed E-state index contributed by atoms with van der Waals surface area (Å²) in [6, 6.07) is 0. The van der Waals surface area contributed by atoms with E-state index >= 15 is 0 Å². The lowest BCUT2D eigenvalue weighted by atomic mass is 10.0. The number of rotatable bonds is 8. The van der Waals surface area contributed by atoms with Crippen LogP contribution in [-0.4, -0.2) is 30.1 Å². The Labute approximate surface area is 96.4 Å². The molecule has 0 aliphatic rings. The molecule has 0 bridgehead atoms. The maximum atomic E-state index is 11.4. The monoisotopic (exact) mass is 230 g/mol. The van der Waals surface area contributed by atoms with Crippen molar-refractivity contribution in [1.82, 2.24) is 5.32 Å². The average Bonchev–Trinajstić information content (AvgIpc) is 2.25. The van der Waals surface area contributed by atoms with E-state index in [0.29, 0.717) is 25.9 Å². The van der Waals surface area contributed by atoms with E-state index in [4.69, 9.17) is 10.8 Å². The third-order valence-corrected chi connectivity index (χ3v) is 2.71. The van der Waals surface area contributed by atoms with Crippen molar-refractivity contribution >= 4 is 11.9 Å². The topological polar surface area (TPSA) is 92.4 Å². The molecular formula is C11H22N2O3. The predicted molar refractivity (Wildman–Crippen MR) is 61.9 cm³/mol. The predicted octanol–water partition coefficient (Wildman–Crippen LogP) is 0.588. The molecule has 94 valence electrons. The number of amides is 1. The molecule has 0 aliphatic heterocycles. The quantitative estimate of drug-likeness (QED) is 0.569. The van der Waals surface area contributed by atoms with Crippen molar-refractivity contribution in [3.05, 3.63) is 0 Å². The number of nitrogens with one attached hydrogen (secondary N) is 1. The van der Waals surface area contributed by atoms with Crippen LogP contribution in [0.1, 0.15) is 33.1 Å². The van der Waals surface area contributed by atoms with Crippen molar-refractivity contribution in [3.8, 4) is 0 Å². The minimum atomic E-state index is -0.831. The molecular weight excluding hydrogens is 208 g/mol. The fourth-order valence-electron chi connectivity index (χ4n) is 1.28. The van der Waals surface area contributed by atoms with E-state index in [0.717, 1.165) is 6.42 Å². The van der Waals surface area contributed by atoms with Crippen LogP contribution in [0, 0.1) is 11.8 Å².